The molecule has 6 nitrogen and oxygen atoms in total. The van der Waals surface area contributed by atoms with Gasteiger partial charge in [-0.05, 0) is 31.2 Å². The lowest BCUT2D eigenvalue weighted by atomic mass is 10.3. The molecule has 3 rings (SSSR count). The van der Waals surface area contributed by atoms with Crippen molar-refractivity contribution in [1.82, 2.24) is 15.2 Å². The number of thiazole rings is 1. The smallest absolute Gasteiger partial charge is 0.287 e. The molecule has 1 atom stereocenters. The summed E-state index contributed by atoms with van der Waals surface area (Å²) in [6.45, 7) is 1.83. The van der Waals surface area contributed by atoms with Gasteiger partial charge in [0.2, 0.25) is 5.91 Å². The lowest BCUT2D eigenvalue weighted by molar-refractivity contribution is -0.130. The molecule has 0 aliphatic rings. The molecule has 2 amide bonds. The van der Waals surface area contributed by atoms with Crippen molar-refractivity contribution >= 4 is 33.4 Å². The minimum atomic E-state index is -0.408. The third-order valence-electron chi connectivity index (χ3n) is 3.79. The Bertz CT molecular complexity index is 824. The summed E-state index contributed by atoms with van der Waals surface area (Å²) >= 11 is 1.57. The number of likely N-dealkylation sites (N-methyl/N-ethyl adjacent to an activating group) is 1. The molecule has 2 heterocycles. The number of nitrogens with zero attached hydrogens (tertiary/aromatic N) is 2. The lowest BCUT2D eigenvalue weighted by Gasteiger charge is -2.23. The van der Waals surface area contributed by atoms with Gasteiger partial charge in [-0.25, -0.2) is 4.98 Å². The van der Waals surface area contributed by atoms with Crippen LogP contribution in [0.3, 0.4) is 0 Å². The van der Waals surface area contributed by atoms with Crippen molar-refractivity contribution in [3.63, 3.8) is 0 Å². The molecule has 0 bridgehead atoms. The van der Waals surface area contributed by atoms with Crippen molar-refractivity contribution in [1.29, 1.82) is 0 Å². The van der Waals surface area contributed by atoms with Crippen molar-refractivity contribution in [3.05, 3.63) is 53.4 Å². The molecular weight excluding hydrogens is 326 g/mol. The van der Waals surface area contributed by atoms with Gasteiger partial charge in [0, 0.05) is 7.05 Å². The number of carbonyl (C=O) groups is 2. The summed E-state index contributed by atoms with van der Waals surface area (Å²) in [6, 6.07) is 10.9. The Hall–Kier alpha value is -2.67. The Morgan fingerprint density at radius 3 is 2.79 bits per heavy atom. The number of furan rings is 1. The maximum atomic E-state index is 12.3. The molecule has 1 aromatic carbocycles. The number of rotatable bonds is 5. The van der Waals surface area contributed by atoms with Crippen molar-refractivity contribution in [2.75, 3.05) is 13.6 Å². The van der Waals surface area contributed by atoms with E-state index in [1.54, 1.807) is 35.4 Å². The van der Waals surface area contributed by atoms with Gasteiger partial charge in [0.15, 0.2) is 5.76 Å². The maximum Gasteiger partial charge on any atom is 0.287 e. The zero-order valence-corrected chi connectivity index (χ0v) is 14.2. The van der Waals surface area contributed by atoms with E-state index in [0.717, 1.165) is 15.2 Å². The molecule has 0 aliphatic carbocycles. The Morgan fingerprint density at radius 2 is 2.08 bits per heavy atom. The van der Waals surface area contributed by atoms with Crippen molar-refractivity contribution in [3.8, 4) is 0 Å². The fourth-order valence-corrected chi connectivity index (χ4v) is 3.29. The summed E-state index contributed by atoms with van der Waals surface area (Å²) in [5.41, 5.74) is 0.927. The van der Waals surface area contributed by atoms with Crippen molar-refractivity contribution in [2.24, 2.45) is 0 Å². The number of amides is 2. The van der Waals surface area contributed by atoms with Crippen LogP contribution < -0.4 is 5.32 Å². The van der Waals surface area contributed by atoms with Crippen LogP contribution in [0.1, 0.15) is 28.5 Å². The molecule has 0 fully saturated rings. The summed E-state index contributed by atoms with van der Waals surface area (Å²) in [6.07, 6.45) is 1.41. The molecule has 124 valence electrons. The highest BCUT2D eigenvalue weighted by Crippen LogP contribution is 2.28. The summed E-state index contributed by atoms with van der Waals surface area (Å²) < 4.78 is 6.08. The monoisotopic (exact) mass is 343 g/mol. The molecular formula is C17H17N3O3S. The van der Waals surface area contributed by atoms with E-state index in [1.165, 1.54) is 6.26 Å². The van der Waals surface area contributed by atoms with Gasteiger partial charge in [-0.2, -0.15) is 0 Å². The molecule has 7 heteroatoms. The van der Waals surface area contributed by atoms with Gasteiger partial charge in [0.1, 0.15) is 5.01 Å². The van der Waals surface area contributed by atoms with Gasteiger partial charge in [0.05, 0.1) is 29.1 Å². The average molecular weight is 343 g/mol. The van der Waals surface area contributed by atoms with E-state index in [0.29, 0.717) is 0 Å². The number of para-hydroxylation sites is 1. The van der Waals surface area contributed by atoms with Gasteiger partial charge in [-0.15, -0.1) is 11.3 Å². The van der Waals surface area contributed by atoms with Crippen molar-refractivity contribution < 1.29 is 14.0 Å². The molecule has 24 heavy (non-hydrogen) atoms. The largest absolute Gasteiger partial charge is 0.459 e. The molecule has 0 spiro atoms. The van der Waals surface area contributed by atoms with E-state index in [2.05, 4.69) is 10.3 Å². The second kappa shape index (κ2) is 6.84. The van der Waals surface area contributed by atoms with Crippen LogP contribution in [0, 0.1) is 0 Å². The highest BCUT2D eigenvalue weighted by atomic mass is 32.1. The molecule has 0 saturated carbocycles. The van der Waals surface area contributed by atoms with E-state index in [9.17, 15) is 9.59 Å². The van der Waals surface area contributed by atoms with E-state index < -0.39 is 5.91 Å². The third kappa shape index (κ3) is 3.30. The Kier molecular flexibility index (Phi) is 4.61. The number of carbonyl (C=O) groups excluding carboxylic acids is 2. The molecule has 2 aromatic heterocycles. The lowest BCUT2D eigenvalue weighted by Crippen LogP contribution is -2.39. The fourth-order valence-electron chi connectivity index (χ4n) is 2.23. The second-order valence-corrected chi connectivity index (χ2v) is 6.42. The van der Waals surface area contributed by atoms with Crippen LogP contribution in [0.5, 0.6) is 0 Å². The minimum Gasteiger partial charge on any atom is -0.459 e. The van der Waals surface area contributed by atoms with Gasteiger partial charge >= 0.3 is 0 Å². The number of nitrogens with one attached hydrogen (secondary N) is 1. The minimum absolute atomic E-state index is 0.0920. The number of aromatic nitrogens is 1. The first-order valence-corrected chi connectivity index (χ1v) is 8.30. The molecule has 0 aliphatic heterocycles. The number of benzene rings is 1. The third-order valence-corrected chi connectivity index (χ3v) is 4.99. The number of hydrogen-bond donors (Lipinski definition) is 1. The first kappa shape index (κ1) is 16.2. The van der Waals surface area contributed by atoms with Crippen LogP contribution in [0.4, 0.5) is 0 Å². The molecule has 0 saturated heterocycles. The Morgan fingerprint density at radius 1 is 1.29 bits per heavy atom. The molecule has 3 aromatic rings. The van der Waals surface area contributed by atoms with E-state index in [-0.39, 0.29) is 24.3 Å². The number of fused-ring (bicyclic) bond motifs is 1. The highest BCUT2D eigenvalue weighted by Gasteiger charge is 2.21. The second-order valence-electron chi connectivity index (χ2n) is 5.36. The Balaban J connectivity index is 1.63. The highest BCUT2D eigenvalue weighted by molar-refractivity contribution is 7.18. The van der Waals surface area contributed by atoms with Crippen LogP contribution in [0.2, 0.25) is 0 Å². The number of hydrogen-bond acceptors (Lipinski definition) is 5. The van der Waals surface area contributed by atoms with Crippen LogP contribution in [-0.2, 0) is 4.79 Å². The SMILES string of the molecule is C[C@H](c1nc2ccccc2s1)N(C)C(=O)CNC(=O)c1ccco1. The fraction of sp³-hybridized carbons (Fsp3) is 0.235. The maximum absolute atomic E-state index is 12.3. The van der Waals surface area contributed by atoms with Gasteiger partial charge < -0.3 is 14.6 Å². The summed E-state index contributed by atoms with van der Waals surface area (Å²) in [5.74, 6) is -0.416. The van der Waals surface area contributed by atoms with E-state index in [4.69, 9.17) is 4.42 Å². The first-order chi connectivity index (χ1) is 11.6. The molecule has 1 N–H and O–H groups in total. The Labute approximate surface area is 143 Å². The topological polar surface area (TPSA) is 75.4 Å². The van der Waals surface area contributed by atoms with Crippen LogP contribution >= 0.6 is 11.3 Å². The zero-order chi connectivity index (χ0) is 17.1. The van der Waals surface area contributed by atoms with Gasteiger partial charge in [0.25, 0.3) is 5.91 Å². The van der Waals surface area contributed by atoms with Crippen LogP contribution in [-0.4, -0.2) is 35.3 Å². The normalized spacial score (nSPS) is 12.1. The van der Waals surface area contributed by atoms with Gasteiger partial charge in [-0.3, -0.25) is 9.59 Å². The standard InChI is InChI=1S/C17H17N3O3S/c1-11(17-19-12-6-3-4-8-14(12)24-17)20(2)15(21)10-18-16(22)13-7-5-9-23-13/h3-9,11H,10H2,1-2H3,(H,18,22)/t11-/m1/s1. The first-order valence-electron chi connectivity index (χ1n) is 7.49. The molecule has 0 unspecified atom stereocenters. The van der Waals surface area contributed by atoms with Gasteiger partial charge in [-0.1, -0.05) is 12.1 Å². The summed E-state index contributed by atoms with van der Waals surface area (Å²) in [5, 5.41) is 3.42. The molecule has 0 radical (unpaired) electrons. The zero-order valence-electron chi connectivity index (χ0n) is 13.4. The predicted octanol–water partition coefficient (Wildman–Crippen LogP) is 2.84. The average Bonchev–Trinajstić information content (AvgIpc) is 3.26. The van der Waals surface area contributed by atoms with E-state index >= 15 is 0 Å². The van der Waals surface area contributed by atoms with Crippen LogP contribution in [0.15, 0.2) is 47.1 Å². The van der Waals surface area contributed by atoms with Crippen molar-refractivity contribution in [2.45, 2.75) is 13.0 Å². The summed E-state index contributed by atoms with van der Waals surface area (Å²) in [7, 11) is 1.71. The quantitative estimate of drug-likeness (QED) is 0.773. The summed E-state index contributed by atoms with van der Waals surface area (Å²) in [4.78, 5) is 30.3. The van der Waals surface area contributed by atoms with E-state index in [1.807, 2.05) is 31.2 Å². The predicted molar refractivity (Wildman–Crippen MR) is 91.8 cm³/mol. The van der Waals surface area contributed by atoms with Crippen LogP contribution in [0.25, 0.3) is 10.2 Å².